The highest BCUT2D eigenvalue weighted by atomic mass is 79.9. The van der Waals surface area contributed by atoms with Gasteiger partial charge in [0, 0.05) is 10.6 Å². The van der Waals surface area contributed by atoms with Crippen LogP contribution in [-0.4, -0.2) is 20.8 Å². The van der Waals surface area contributed by atoms with Gasteiger partial charge in [0.05, 0.1) is 32.1 Å². The molecule has 3 nitrogen and oxygen atoms in total. The van der Waals surface area contributed by atoms with Crippen LogP contribution in [0.5, 0.6) is 11.5 Å². The molecule has 0 N–H and O–H groups in total. The molecule has 0 spiro atoms. The summed E-state index contributed by atoms with van der Waals surface area (Å²) in [5.41, 5.74) is 1.44. The summed E-state index contributed by atoms with van der Waals surface area (Å²) < 4.78 is 26.1. The highest BCUT2D eigenvalue weighted by molar-refractivity contribution is 9.11. The second kappa shape index (κ2) is 9.69. The molecule has 0 radical (unpaired) electrons. The maximum Gasteiger partial charge on any atom is 0.142 e. The van der Waals surface area contributed by atoms with E-state index in [9.17, 15) is 4.39 Å². The molecular weight excluding hydrogens is 397 g/mol. The number of methoxy groups -OCH3 is 2. The predicted octanol–water partition coefficient (Wildman–Crippen LogP) is 5.61. The summed E-state index contributed by atoms with van der Waals surface area (Å²) in [7, 11) is 3.16. The summed E-state index contributed by atoms with van der Waals surface area (Å²) in [6, 6.07) is 14.9. The fourth-order valence-electron chi connectivity index (χ4n) is 2.47. The van der Waals surface area contributed by atoms with E-state index in [1.807, 2.05) is 48.5 Å². The first-order valence-corrected chi connectivity index (χ1v) is 8.61. The normalized spacial score (nSPS) is 11.7. The Labute approximate surface area is 161 Å². The molecule has 0 saturated carbocycles. The van der Waals surface area contributed by atoms with Crippen molar-refractivity contribution in [2.75, 3.05) is 25.7 Å². The van der Waals surface area contributed by atoms with Crippen LogP contribution in [0.15, 0.2) is 71.0 Å². The van der Waals surface area contributed by atoms with Gasteiger partial charge in [0.25, 0.3) is 0 Å². The van der Waals surface area contributed by atoms with E-state index in [1.165, 1.54) is 12.2 Å². The fraction of sp³-hybridized carbons (Fsp3) is 0.143. The Bertz CT molecular complexity index is 808. The van der Waals surface area contributed by atoms with Crippen molar-refractivity contribution in [2.24, 2.45) is 0 Å². The number of ether oxygens (including phenoxy) is 2. The Hall–Kier alpha value is -2.71. The Morgan fingerprint density at radius 3 is 2.04 bits per heavy atom. The zero-order chi connectivity index (χ0) is 18.9. The van der Waals surface area contributed by atoms with E-state index >= 15 is 0 Å². The number of rotatable bonds is 7. The van der Waals surface area contributed by atoms with Crippen LogP contribution in [0, 0.1) is 12.3 Å². The van der Waals surface area contributed by atoms with E-state index in [2.05, 4.69) is 21.9 Å². The van der Waals surface area contributed by atoms with E-state index in [-0.39, 0.29) is 12.4 Å². The lowest BCUT2D eigenvalue weighted by molar-refractivity contribution is 0.411. The Morgan fingerprint density at radius 2 is 1.58 bits per heavy atom. The van der Waals surface area contributed by atoms with E-state index < -0.39 is 0 Å². The highest BCUT2D eigenvalue weighted by Gasteiger charge is 2.19. The SMILES string of the molecule is C#C/C=C(Br)\C=C(\F)CN(c1ccccc1OC)c1ccccc1OC. The average molecular weight is 416 g/mol. The number of hydrogen-bond donors (Lipinski definition) is 0. The summed E-state index contributed by atoms with van der Waals surface area (Å²) >= 11 is 3.23. The second-order valence-corrected chi connectivity index (χ2v) is 6.13. The van der Waals surface area contributed by atoms with Crippen molar-refractivity contribution >= 4 is 27.3 Å². The summed E-state index contributed by atoms with van der Waals surface area (Å²) in [6.07, 6.45) is 8.00. The first-order valence-electron chi connectivity index (χ1n) is 7.82. The van der Waals surface area contributed by atoms with Gasteiger partial charge < -0.3 is 14.4 Å². The van der Waals surface area contributed by atoms with Gasteiger partial charge in [0.2, 0.25) is 0 Å². The molecule has 2 rings (SSSR count). The molecule has 2 aromatic rings. The van der Waals surface area contributed by atoms with Crippen LogP contribution in [0.2, 0.25) is 0 Å². The van der Waals surface area contributed by atoms with E-state index in [4.69, 9.17) is 15.9 Å². The third-order valence-electron chi connectivity index (χ3n) is 3.58. The number of halogens is 2. The van der Waals surface area contributed by atoms with Gasteiger partial charge >= 0.3 is 0 Å². The Kier molecular flexibility index (Phi) is 7.31. The minimum absolute atomic E-state index is 0.0196. The molecule has 26 heavy (non-hydrogen) atoms. The topological polar surface area (TPSA) is 21.7 Å². The van der Waals surface area contributed by atoms with Gasteiger partial charge in [-0.05, 0) is 30.3 Å². The average Bonchev–Trinajstić information content (AvgIpc) is 2.66. The minimum atomic E-state index is -0.375. The van der Waals surface area contributed by atoms with Gasteiger partial charge in [0.15, 0.2) is 0 Å². The Morgan fingerprint density at radius 1 is 1.08 bits per heavy atom. The molecule has 0 amide bonds. The van der Waals surface area contributed by atoms with Crippen LogP contribution in [0.3, 0.4) is 0 Å². The van der Waals surface area contributed by atoms with Crippen LogP contribution in [0.25, 0.3) is 0 Å². The van der Waals surface area contributed by atoms with Crippen LogP contribution < -0.4 is 14.4 Å². The number of allylic oxidation sites excluding steroid dienone is 3. The van der Waals surface area contributed by atoms with Crippen molar-refractivity contribution in [3.05, 3.63) is 71.0 Å². The molecule has 0 fully saturated rings. The largest absolute Gasteiger partial charge is 0.495 e. The number of hydrogen-bond acceptors (Lipinski definition) is 3. The molecule has 0 heterocycles. The number of benzene rings is 2. The molecule has 0 aliphatic carbocycles. The quantitative estimate of drug-likeness (QED) is 0.433. The minimum Gasteiger partial charge on any atom is -0.495 e. The summed E-state index contributed by atoms with van der Waals surface area (Å²) in [4.78, 5) is 1.79. The molecular formula is C21H19BrFNO2. The number of nitrogens with zero attached hydrogens (tertiary/aromatic N) is 1. The first kappa shape index (κ1) is 19.6. The van der Waals surface area contributed by atoms with Crippen LogP contribution >= 0.6 is 15.9 Å². The summed E-state index contributed by atoms with van der Waals surface area (Å²) in [6.45, 7) is -0.0196. The fourth-order valence-corrected chi connectivity index (χ4v) is 2.85. The van der Waals surface area contributed by atoms with Gasteiger partial charge in [-0.25, -0.2) is 4.39 Å². The van der Waals surface area contributed by atoms with Crippen LogP contribution in [-0.2, 0) is 0 Å². The third-order valence-corrected chi connectivity index (χ3v) is 4.03. The Balaban J connectivity index is 2.53. The number of terminal acetylenes is 1. The van der Waals surface area contributed by atoms with Gasteiger partial charge in [-0.2, -0.15) is 0 Å². The van der Waals surface area contributed by atoms with Gasteiger partial charge in [-0.15, -0.1) is 6.42 Å². The molecule has 0 atom stereocenters. The lowest BCUT2D eigenvalue weighted by atomic mass is 10.2. The molecule has 0 aliphatic rings. The third kappa shape index (κ3) is 4.90. The van der Waals surface area contributed by atoms with Gasteiger partial charge in [-0.3, -0.25) is 0 Å². The van der Waals surface area contributed by atoms with Crippen LogP contribution in [0.1, 0.15) is 0 Å². The zero-order valence-electron chi connectivity index (χ0n) is 14.6. The molecule has 5 heteroatoms. The second-order valence-electron chi connectivity index (χ2n) is 5.22. The van der Waals surface area contributed by atoms with Crippen LogP contribution in [0.4, 0.5) is 15.8 Å². The standard InChI is InChI=1S/C21H19BrFNO2/c1-4-9-16(22)14-17(23)15-24(18-10-5-7-12-20(18)25-2)19-11-6-8-13-21(19)26-3/h1,5-14H,15H2,2-3H3/b16-9+,17-14+. The van der Waals surface area contributed by atoms with E-state index in [0.717, 1.165) is 11.4 Å². The summed E-state index contributed by atoms with van der Waals surface area (Å²) in [5, 5.41) is 0. The molecule has 0 unspecified atom stereocenters. The molecule has 0 aromatic heterocycles. The maximum absolute atomic E-state index is 14.7. The van der Waals surface area contributed by atoms with Crippen molar-refractivity contribution in [2.45, 2.75) is 0 Å². The first-order chi connectivity index (χ1) is 12.6. The molecule has 0 bridgehead atoms. The lowest BCUT2D eigenvalue weighted by Gasteiger charge is -2.27. The van der Waals surface area contributed by atoms with E-state index in [1.54, 1.807) is 19.1 Å². The van der Waals surface area contributed by atoms with Crippen molar-refractivity contribution in [1.29, 1.82) is 0 Å². The van der Waals surface area contributed by atoms with Crippen molar-refractivity contribution in [3.63, 3.8) is 0 Å². The zero-order valence-corrected chi connectivity index (χ0v) is 16.2. The van der Waals surface area contributed by atoms with Crippen molar-refractivity contribution < 1.29 is 13.9 Å². The lowest BCUT2D eigenvalue weighted by Crippen LogP contribution is -2.20. The number of para-hydroxylation sites is 4. The van der Waals surface area contributed by atoms with Crippen molar-refractivity contribution in [1.82, 2.24) is 0 Å². The van der Waals surface area contributed by atoms with Gasteiger partial charge in [0.1, 0.15) is 17.3 Å². The molecule has 0 saturated heterocycles. The molecule has 134 valence electrons. The smallest absolute Gasteiger partial charge is 0.142 e. The molecule has 2 aromatic carbocycles. The van der Waals surface area contributed by atoms with Crippen molar-refractivity contribution in [3.8, 4) is 23.8 Å². The highest BCUT2D eigenvalue weighted by Crippen LogP contribution is 2.39. The predicted molar refractivity (Wildman–Crippen MR) is 108 cm³/mol. The monoisotopic (exact) mass is 415 g/mol. The van der Waals surface area contributed by atoms with E-state index in [0.29, 0.717) is 16.0 Å². The van der Waals surface area contributed by atoms with Gasteiger partial charge in [-0.1, -0.05) is 46.1 Å². The number of anilines is 2. The molecule has 0 aliphatic heterocycles. The summed E-state index contributed by atoms with van der Waals surface area (Å²) in [5.74, 6) is 3.24. The maximum atomic E-state index is 14.7.